The summed E-state index contributed by atoms with van der Waals surface area (Å²) < 4.78 is 1.83. The Morgan fingerprint density at radius 2 is 1.42 bits per heavy atom. The summed E-state index contributed by atoms with van der Waals surface area (Å²) in [6.07, 6.45) is 0. The number of benzene rings is 2. The van der Waals surface area contributed by atoms with Gasteiger partial charge in [0.2, 0.25) is 0 Å². The predicted molar refractivity (Wildman–Crippen MR) is 85.8 cm³/mol. The molecule has 1 aliphatic rings. The van der Waals surface area contributed by atoms with Crippen molar-refractivity contribution in [2.45, 2.75) is 12.1 Å². The van der Waals surface area contributed by atoms with Gasteiger partial charge in [0.05, 0.1) is 12.1 Å². The average molecular weight is 464 g/mol. The van der Waals surface area contributed by atoms with E-state index in [0.29, 0.717) is 0 Å². The number of anilines is 1. The zero-order valence-corrected chi connectivity index (χ0v) is 18.7. The molecule has 2 atom stereocenters. The molecule has 4 rings (SSSR count). The van der Waals surface area contributed by atoms with Crippen LogP contribution in [0.4, 0.5) is 5.82 Å². The predicted octanol–water partition coefficient (Wildman–Crippen LogP) is 3.20. The number of hydrogen-bond donors (Lipinski definition) is 1. The minimum atomic E-state index is -0.0688. The molecule has 1 N–H and O–H groups in total. The quantitative estimate of drug-likeness (QED) is 0.592. The van der Waals surface area contributed by atoms with Crippen molar-refractivity contribution in [3.8, 4) is 0 Å². The molecular weight excluding hydrogens is 450 g/mol. The molecule has 0 saturated heterocycles. The van der Waals surface area contributed by atoms with Crippen LogP contribution in [0.5, 0.6) is 0 Å². The molecular formula is C19H14N2OY2-2. The summed E-state index contributed by atoms with van der Waals surface area (Å²) in [7, 11) is 0. The van der Waals surface area contributed by atoms with E-state index in [2.05, 4.69) is 17.4 Å². The molecule has 1 aliphatic heterocycles. The molecule has 5 heteroatoms. The molecule has 0 bridgehead atoms. The van der Waals surface area contributed by atoms with Gasteiger partial charge in [-0.3, -0.25) is 9.36 Å². The van der Waals surface area contributed by atoms with Gasteiger partial charge in [-0.2, -0.15) is 60.7 Å². The summed E-state index contributed by atoms with van der Waals surface area (Å²) in [4.78, 5) is 12.4. The second-order valence-corrected chi connectivity index (χ2v) is 5.35. The van der Waals surface area contributed by atoms with Crippen molar-refractivity contribution in [3.63, 3.8) is 0 Å². The second kappa shape index (κ2) is 8.67. The van der Waals surface area contributed by atoms with Crippen molar-refractivity contribution in [1.29, 1.82) is 0 Å². The fraction of sp³-hybridized carbons (Fsp3) is 0.105. The molecule has 0 spiro atoms. The third-order valence-corrected chi connectivity index (χ3v) is 4.08. The van der Waals surface area contributed by atoms with Gasteiger partial charge in [0.15, 0.2) is 0 Å². The van der Waals surface area contributed by atoms with Crippen LogP contribution >= 0.6 is 0 Å². The fourth-order valence-electron chi connectivity index (χ4n) is 3.10. The normalized spacial score (nSPS) is 17.8. The van der Waals surface area contributed by atoms with E-state index in [1.54, 1.807) is 12.1 Å². The van der Waals surface area contributed by atoms with Crippen LogP contribution in [0.2, 0.25) is 0 Å². The fourth-order valence-corrected chi connectivity index (χ4v) is 3.10. The number of fused-ring (bicyclic) bond motifs is 1. The van der Waals surface area contributed by atoms with Gasteiger partial charge in [0.1, 0.15) is 5.82 Å². The summed E-state index contributed by atoms with van der Waals surface area (Å²) in [5, 5.41) is 3.48. The minimum absolute atomic E-state index is 0. The van der Waals surface area contributed by atoms with E-state index < -0.39 is 0 Å². The maximum Gasteiger partial charge on any atom is 0.252 e. The number of rotatable bonds is 2. The number of nitrogens with one attached hydrogen (secondary N) is 1. The monoisotopic (exact) mass is 464 g/mol. The molecule has 3 aromatic rings. The Morgan fingerprint density at radius 3 is 2.04 bits per heavy atom. The smallest absolute Gasteiger partial charge is 0.252 e. The third-order valence-electron chi connectivity index (χ3n) is 4.08. The number of nitrogens with zero attached hydrogens (tertiary/aromatic N) is 1. The Labute approximate surface area is 191 Å². The van der Waals surface area contributed by atoms with Crippen LogP contribution in [0, 0.1) is 12.1 Å². The van der Waals surface area contributed by atoms with Crippen LogP contribution in [0.15, 0.2) is 71.5 Å². The van der Waals surface area contributed by atoms with Crippen LogP contribution in [0.3, 0.4) is 0 Å². The van der Waals surface area contributed by atoms with Crippen molar-refractivity contribution >= 4 is 5.82 Å². The van der Waals surface area contributed by atoms with Gasteiger partial charge in [-0.15, -0.1) is 11.1 Å². The first-order valence-electron chi connectivity index (χ1n) is 7.25. The van der Waals surface area contributed by atoms with E-state index in [0.717, 1.165) is 16.9 Å². The Bertz CT molecular complexity index is 850. The largest absolute Gasteiger partial charge is 0.364 e. The summed E-state index contributed by atoms with van der Waals surface area (Å²) in [6.45, 7) is 0. The summed E-state index contributed by atoms with van der Waals surface area (Å²) >= 11 is 0. The van der Waals surface area contributed by atoms with Gasteiger partial charge >= 0.3 is 0 Å². The average Bonchev–Trinajstić information content (AvgIpc) is 2.97. The van der Waals surface area contributed by atoms with Gasteiger partial charge in [-0.1, -0.05) is 6.07 Å². The third kappa shape index (κ3) is 3.65. The zero-order valence-electron chi connectivity index (χ0n) is 13.0. The van der Waals surface area contributed by atoms with Crippen LogP contribution in [0.25, 0.3) is 0 Å². The van der Waals surface area contributed by atoms with Gasteiger partial charge < -0.3 is 5.32 Å². The molecule has 2 heterocycles. The first kappa shape index (κ1) is 19.7. The Hall–Kier alpha value is -0.602. The summed E-state index contributed by atoms with van der Waals surface area (Å²) in [5.41, 5.74) is 2.24. The molecule has 0 aliphatic carbocycles. The molecule has 24 heavy (non-hydrogen) atoms. The van der Waals surface area contributed by atoms with Crippen molar-refractivity contribution in [2.24, 2.45) is 0 Å². The van der Waals surface area contributed by atoms with Gasteiger partial charge in [-0.05, 0) is 6.07 Å². The van der Waals surface area contributed by atoms with E-state index in [9.17, 15) is 4.79 Å². The van der Waals surface area contributed by atoms with E-state index >= 15 is 0 Å². The molecule has 3 nitrogen and oxygen atoms in total. The summed E-state index contributed by atoms with van der Waals surface area (Å²) in [5.74, 6) is 0.850. The minimum Gasteiger partial charge on any atom is -0.364 e. The van der Waals surface area contributed by atoms with Crippen LogP contribution < -0.4 is 10.9 Å². The first-order chi connectivity index (χ1) is 10.8. The van der Waals surface area contributed by atoms with Crippen LogP contribution in [0.1, 0.15) is 23.2 Å². The van der Waals surface area contributed by atoms with Gasteiger partial charge in [-0.25, -0.2) is 0 Å². The molecule has 0 amide bonds. The standard InChI is InChI=1S/C19H14N2O.2Y/c22-17-13-7-12-16-20-18(14-8-3-1-4-9-14)19(21(16)17)15-10-5-2-6-11-15;;/h3-13,18-20H;;/q-2;;. The topological polar surface area (TPSA) is 34.0 Å². The van der Waals surface area contributed by atoms with Crippen LogP contribution in [-0.2, 0) is 65.4 Å². The van der Waals surface area contributed by atoms with E-state index in [1.807, 2.05) is 59.2 Å². The van der Waals surface area contributed by atoms with E-state index in [1.165, 1.54) is 0 Å². The van der Waals surface area contributed by atoms with Gasteiger partial charge in [0.25, 0.3) is 5.56 Å². The molecule has 2 unspecified atom stereocenters. The summed E-state index contributed by atoms with van der Waals surface area (Å²) in [6, 6.07) is 27.1. The Morgan fingerprint density at radius 1 is 0.833 bits per heavy atom. The number of aromatic nitrogens is 1. The Balaban J connectivity index is 0.00000104. The van der Waals surface area contributed by atoms with Crippen molar-refractivity contribution < 1.29 is 65.4 Å². The molecule has 2 aromatic carbocycles. The van der Waals surface area contributed by atoms with Crippen molar-refractivity contribution in [3.05, 3.63) is 100 Å². The molecule has 114 valence electrons. The zero-order chi connectivity index (χ0) is 14.9. The maximum atomic E-state index is 12.4. The maximum absolute atomic E-state index is 12.4. The van der Waals surface area contributed by atoms with Crippen molar-refractivity contribution in [2.75, 3.05) is 5.32 Å². The SMILES string of the molecule is O=c1cccc2n1C(c1cc[c-]cc1)C(c1cc[c-]cc1)N2.[Y].[Y]. The number of hydrogen-bond acceptors (Lipinski definition) is 2. The van der Waals surface area contributed by atoms with Gasteiger partial charge in [0, 0.05) is 71.5 Å². The molecule has 1 aromatic heterocycles. The number of pyridine rings is 1. The molecule has 0 fully saturated rings. The van der Waals surface area contributed by atoms with E-state index in [-0.39, 0.29) is 83.1 Å². The second-order valence-electron chi connectivity index (χ2n) is 5.35. The molecule has 2 radical (unpaired) electrons. The first-order valence-corrected chi connectivity index (χ1v) is 7.25. The van der Waals surface area contributed by atoms with E-state index in [4.69, 9.17) is 0 Å². The Kier molecular flexibility index (Phi) is 7.12. The van der Waals surface area contributed by atoms with Crippen LogP contribution in [-0.4, -0.2) is 4.57 Å². The molecule has 0 saturated carbocycles. The van der Waals surface area contributed by atoms with Crippen molar-refractivity contribution in [1.82, 2.24) is 4.57 Å².